The maximum absolute atomic E-state index is 5.56. The first-order valence-corrected chi connectivity index (χ1v) is 10.7. The summed E-state index contributed by atoms with van der Waals surface area (Å²) in [6.07, 6.45) is 2.35. The first-order chi connectivity index (χ1) is 6.18. The van der Waals surface area contributed by atoms with E-state index in [1.807, 2.05) is 22.8 Å². The van der Waals surface area contributed by atoms with Gasteiger partial charge in [-0.2, -0.15) is 0 Å². The van der Waals surface area contributed by atoms with Crippen LogP contribution in [0.5, 0.6) is 0 Å². The van der Waals surface area contributed by atoms with Gasteiger partial charge in [0.25, 0.3) is 0 Å². The van der Waals surface area contributed by atoms with Gasteiger partial charge in [0, 0.05) is 11.5 Å². The third-order valence-electron chi connectivity index (χ3n) is 1.14. The minimum Gasteiger partial charge on any atom is -0.339 e. The van der Waals surface area contributed by atoms with E-state index in [4.69, 9.17) is 24.0 Å². The second-order valence-electron chi connectivity index (χ2n) is 2.41. The Hall–Kier alpha value is 1.24. The predicted octanol–water partition coefficient (Wildman–Crippen LogP) is 4.04. The molecule has 0 spiro atoms. The van der Waals surface area contributed by atoms with Gasteiger partial charge in [-0.1, -0.05) is 60.6 Å². The quantitative estimate of drug-likeness (QED) is 0.527. The average Bonchev–Trinajstić information content (AvgIpc) is 2.12. The summed E-state index contributed by atoms with van der Waals surface area (Å²) in [5.41, 5.74) is 1.58. The Bertz CT molecular complexity index is 173. The Labute approximate surface area is 99.8 Å². The van der Waals surface area contributed by atoms with Crippen molar-refractivity contribution in [3.63, 3.8) is 0 Å². The summed E-state index contributed by atoms with van der Waals surface area (Å²) < 4.78 is -1.50. The highest BCUT2D eigenvalue weighted by Crippen LogP contribution is 2.65. The van der Waals surface area contributed by atoms with Crippen molar-refractivity contribution >= 4 is 56.9 Å². The van der Waals surface area contributed by atoms with E-state index in [1.165, 1.54) is 12.8 Å². The van der Waals surface area contributed by atoms with Crippen molar-refractivity contribution in [2.75, 3.05) is 11.5 Å². The van der Waals surface area contributed by atoms with E-state index in [0.717, 1.165) is 11.5 Å². The van der Waals surface area contributed by atoms with Gasteiger partial charge in [0.15, 0.2) is 0 Å². The van der Waals surface area contributed by atoms with Crippen LogP contribution in [0.3, 0.4) is 0 Å². The topological polar surface area (TPSA) is 12.0 Å². The van der Waals surface area contributed by atoms with E-state index >= 15 is 0 Å². The summed E-state index contributed by atoms with van der Waals surface area (Å²) in [5, 5.41) is 3.17. The highest BCUT2D eigenvalue weighted by Gasteiger charge is 2.15. The molecule has 78 valence electrons. The first kappa shape index (κ1) is 14.2. The monoisotopic (exact) mass is 273 g/mol. The van der Waals surface area contributed by atoms with Gasteiger partial charge < -0.3 is 5.09 Å². The molecule has 0 aromatic rings. The van der Waals surface area contributed by atoms with E-state index in [-0.39, 0.29) is 0 Å². The summed E-state index contributed by atoms with van der Waals surface area (Å²) in [6, 6.07) is 0. The van der Waals surface area contributed by atoms with Crippen molar-refractivity contribution in [3.05, 3.63) is 0 Å². The van der Waals surface area contributed by atoms with Crippen LogP contribution in [0.25, 0.3) is 0 Å². The number of thiocarbonyl (C=S) groups is 1. The Morgan fingerprint density at radius 2 is 1.69 bits per heavy atom. The van der Waals surface area contributed by atoms with Crippen LogP contribution in [0, 0.1) is 0 Å². The van der Waals surface area contributed by atoms with Crippen molar-refractivity contribution in [2.45, 2.75) is 26.7 Å². The number of nitrogens with one attached hydrogen (secondary N) is 1. The lowest BCUT2D eigenvalue weighted by Gasteiger charge is -2.19. The molecular formula is C7H16NPS4. The summed E-state index contributed by atoms with van der Waals surface area (Å²) >= 11 is 14.1. The molecule has 0 fully saturated rings. The van der Waals surface area contributed by atoms with Crippen molar-refractivity contribution < 1.29 is 0 Å². The minimum atomic E-state index is -1.50. The maximum atomic E-state index is 5.56. The standard InChI is InChI=1S/C7H16NPS4/c1-3-5-12-9(11,8-7-10)13-6-4-2/h7H,3-6H2,1-2H3,(H,8,10,11). The summed E-state index contributed by atoms with van der Waals surface area (Å²) in [6.45, 7) is 4.35. The van der Waals surface area contributed by atoms with Crippen molar-refractivity contribution in [2.24, 2.45) is 0 Å². The van der Waals surface area contributed by atoms with E-state index in [9.17, 15) is 0 Å². The highest BCUT2D eigenvalue weighted by atomic mass is 33.2. The molecular weight excluding hydrogens is 257 g/mol. The second kappa shape index (κ2) is 8.54. The first-order valence-electron chi connectivity index (χ1n) is 4.29. The molecule has 0 aromatic carbocycles. The normalized spacial score (nSPS) is 11.2. The molecule has 0 amide bonds. The van der Waals surface area contributed by atoms with Gasteiger partial charge >= 0.3 is 0 Å². The Balaban J connectivity index is 3.99. The van der Waals surface area contributed by atoms with Gasteiger partial charge in [0.2, 0.25) is 0 Å². The molecule has 0 heterocycles. The molecule has 1 N–H and O–H groups in total. The average molecular weight is 273 g/mol. The summed E-state index contributed by atoms with van der Waals surface area (Å²) in [7, 11) is 0. The molecule has 0 atom stereocenters. The number of rotatable bonds is 8. The van der Waals surface area contributed by atoms with Crippen molar-refractivity contribution in [3.8, 4) is 0 Å². The van der Waals surface area contributed by atoms with Crippen molar-refractivity contribution in [1.29, 1.82) is 0 Å². The zero-order valence-corrected chi connectivity index (χ0v) is 12.1. The Morgan fingerprint density at radius 1 is 1.23 bits per heavy atom. The van der Waals surface area contributed by atoms with Crippen LogP contribution in [0.15, 0.2) is 0 Å². The largest absolute Gasteiger partial charge is 0.339 e. The second-order valence-corrected chi connectivity index (χ2v) is 13.8. The van der Waals surface area contributed by atoms with Gasteiger partial charge in [-0.05, 0) is 12.8 Å². The van der Waals surface area contributed by atoms with E-state index in [0.29, 0.717) is 0 Å². The third-order valence-corrected chi connectivity index (χ3v) is 11.6. The molecule has 1 nitrogen and oxygen atoms in total. The van der Waals surface area contributed by atoms with E-state index in [2.05, 4.69) is 18.9 Å². The van der Waals surface area contributed by atoms with Gasteiger partial charge in [-0.3, -0.25) is 0 Å². The fourth-order valence-electron chi connectivity index (χ4n) is 0.599. The van der Waals surface area contributed by atoms with Crippen LogP contribution < -0.4 is 5.09 Å². The predicted molar refractivity (Wildman–Crippen MR) is 76.6 cm³/mol. The zero-order chi connectivity index (χ0) is 10.2. The SMILES string of the molecule is CCCSP(=S)(NC=S)SCCC. The summed E-state index contributed by atoms with van der Waals surface area (Å²) in [5.74, 6) is 2.26. The molecule has 0 aliphatic heterocycles. The zero-order valence-electron chi connectivity index (χ0n) is 7.99. The molecule has 6 heteroatoms. The molecule has 0 aliphatic rings. The third kappa shape index (κ3) is 7.20. The highest BCUT2D eigenvalue weighted by molar-refractivity contribution is 9.00. The molecule has 0 bridgehead atoms. The van der Waals surface area contributed by atoms with Crippen LogP contribution in [0.2, 0.25) is 0 Å². The molecule has 0 saturated heterocycles. The molecule has 0 unspecified atom stereocenters. The Morgan fingerprint density at radius 3 is 2.00 bits per heavy atom. The van der Waals surface area contributed by atoms with Crippen LogP contribution in [-0.4, -0.2) is 17.0 Å². The number of hydrogen-bond donors (Lipinski definition) is 1. The van der Waals surface area contributed by atoms with Gasteiger partial charge in [-0.25, -0.2) is 0 Å². The molecule has 13 heavy (non-hydrogen) atoms. The lowest BCUT2D eigenvalue weighted by atomic mass is 10.6. The van der Waals surface area contributed by atoms with Crippen LogP contribution >= 0.6 is 39.6 Å². The van der Waals surface area contributed by atoms with Gasteiger partial charge in [0.05, 0.1) is 5.49 Å². The lowest BCUT2D eigenvalue weighted by Crippen LogP contribution is -2.01. The minimum absolute atomic E-state index is 1.13. The van der Waals surface area contributed by atoms with Crippen LogP contribution in [0.4, 0.5) is 0 Å². The lowest BCUT2D eigenvalue weighted by molar-refractivity contribution is 1.11. The molecule has 0 aromatic heterocycles. The van der Waals surface area contributed by atoms with E-state index in [1.54, 1.807) is 5.49 Å². The molecule has 0 rings (SSSR count). The van der Waals surface area contributed by atoms with Crippen LogP contribution in [0.1, 0.15) is 26.7 Å². The molecule has 0 saturated carbocycles. The molecule has 0 aliphatic carbocycles. The van der Waals surface area contributed by atoms with Gasteiger partial charge in [-0.15, -0.1) is 0 Å². The maximum Gasteiger partial charge on any atom is 0.140 e. The number of hydrogen-bond acceptors (Lipinski definition) is 4. The van der Waals surface area contributed by atoms with Crippen LogP contribution in [-0.2, 0) is 11.8 Å². The Kier molecular flexibility index (Phi) is 9.36. The summed E-state index contributed by atoms with van der Waals surface area (Å²) in [4.78, 5) is 0. The van der Waals surface area contributed by atoms with E-state index < -0.39 is 4.59 Å². The smallest absolute Gasteiger partial charge is 0.140 e. The van der Waals surface area contributed by atoms with Crippen molar-refractivity contribution in [1.82, 2.24) is 5.09 Å². The fourth-order valence-corrected chi connectivity index (χ4v) is 9.91. The molecule has 0 radical (unpaired) electrons. The van der Waals surface area contributed by atoms with Gasteiger partial charge in [0.1, 0.15) is 4.59 Å². The fraction of sp³-hybridized carbons (Fsp3) is 0.857.